The molecule has 0 amide bonds. The molecule has 6 nitrogen and oxygen atoms in total. The Bertz CT molecular complexity index is 4020. The second kappa shape index (κ2) is 15.8. The summed E-state index contributed by atoms with van der Waals surface area (Å²) in [6, 6.07) is 78.2. The van der Waals surface area contributed by atoms with Gasteiger partial charge in [0.15, 0.2) is 11.6 Å². The van der Waals surface area contributed by atoms with Gasteiger partial charge in [-0.25, -0.2) is 4.98 Å². The zero-order valence-electron chi connectivity index (χ0n) is 37.4. The van der Waals surface area contributed by atoms with Crippen molar-refractivity contribution >= 4 is 55.0 Å². The third-order valence-corrected chi connectivity index (χ3v) is 14.1. The maximum atomic E-state index is 5.54. The van der Waals surface area contributed by atoms with Gasteiger partial charge in [-0.3, -0.25) is 4.57 Å². The zero-order valence-corrected chi connectivity index (χ0v) is 37.4. The highest BCUT2D eigenvalue weighted by atomic mass is 15.2. The quantitative estimate of drug-likeness (QED) is 0.160. The summed E-state index contributed by atoms with van der Waals surface area (Å²) in [5.74, 6) is 2.00. The molecule has 4 heterocycles. The van der Waals surface area contributed by atoms with E-state index in [2.05, 4.69) is 239 Å². The smallest absolute Gasteiger partial charge is 0.238 e. The first-order valence-corrected chi connectivity index (χ1v) is 23.6. The molecule has 3 aromatic heterocycles. The Morgan fingerprint density at radius 2 is 0.913 bits per heavy atom. The van der Waals surface area contributed by atoms with E-state index >= 15 is 0 Å². The molecule has 2 atom stereocenters. The van der Waals surface area contributed by atoms with Crippen LogP contribution in [-0.4, -0.2) is 30.1 Å². The van der Waals surface area contributed by atoms with Crippen LogP contribution in [0.4, 0.5) is 11.4 Å². The number of hydrogen-bond donors (Lipinski definition) is 0. The van der Waals surface area contributed by atoms with E-state index in [1.54, 1.807) is 0 Å². The van der Waals surface area contributed by atoms with Crippen LogP contribution in [0.15, 0.2) is 243 Å². The summed E-state index contributed by atoms with van der Waals surface area (Å²) in [5, 5.41) is 4.56. The molecule has 2 aliphatic rings. The van der Waals surface area contributed by atoms with E-state index in [1.165, 1.54) is 16.5 Å². The lowest BCUT2D eigenvalue weighted by Crippen LogP contribution is -2.28. The number of fused-ring (bicyclic) bond motifs is 10. The first-order valence-electron chi connectivity index (χ1n) is 23.6. The lowest BCUT2D eigenvalue weighted by molar-refractivity contribution is 0.745. The van der Waals surface area contributed by atoms with E-state index in [4.69, 9.17) is 15.0 Å². The Morgan fingerprint density at radius 3 is 1.61 bits per heavy atom. The minimum Gasteiger partial charge on any atom is -0.333 e. The summed E-state index contributed by atoms with van der Waals surface area (Å²) in [4.78, 5) is 18.8. The van der Waals surface area contributed by atoms with Crippen LogP contribution >= 0.6 is 0 Å². The van der Waals surface area contributed by atoms with Gasteiger partial charge in [-0.1, -0.05) is 200 Å². The van der Waals surface area contributed by atoms with Crippen LogP contribution < -0.4 is 4.90 Å². The van der Waals surface area contributed by atoms with Crippen molar-refractivity contribution in [2.75, 3.05) is 4.90 Å². The molecule has 0 N–H and O–H groups in total. The van der Waals surface area contributed by atoms with Gasteiger partial charge in [-0.05, 0) is 64.7 Å². The molecule has 6 heteroatoms. The molecule has 0 radical (unpaired) electrons. The Labute approximate surface area is 399 Å². The van der Waals surface area contributed by atoms with Crippen LogP contribution in [0.2, 0.25) is 0 Å². The second-order valence-corrected chi connectivity index (χ2v) is 17.9. The van der Waals surface area contributed by atoms with Gasteiger partial charge < -0.3 is 9.47 Å². The molecule has 0 saturated carbocycles. The van der Waals surface area contributed by atoms with E-state index in [-0.39, 0.29) is 12.0 Å². The van der Waals surface area contributed by atoms with E-state index in [9.17, 15) is 0 Å². The molecule has 12 aromatic rings. The summed E-state index contributed by atoms with van der Waals surface area (Å²) >= 11 is 0. The highest BCUT2D eigenvalue weighted by Crippen LogP contribution is 2.49. The van der Waals surface area contributed by atoms with Gasteiger partial charge in [0.25, 0.3) is 0 Å². The van der Waals surface area contributed by atoms with Crippen LogP contribution in [-0.2, 0) is 0 Å². The SMILES string of the molecule is C1=CC2c3ccc(-c4nc(-c5ccccc5)nc(-n5c6ccccc6c6ccc7c8ccccc8n(-c8ccc(-c9ccccc9)cc8-c8ccccc8)c7c65)n4)cc3N(c3ccccc3)C2C=C1. The molecule has 1 aliphatic carbocycles. The molecule has 14 rings (SSSR count). The Hall–Kier alpha value is -9.13. The van der Waals surface area contributed by atoms with Crippen molar-refractivity contribution in [2.24, 2.45) is 0 Å². The molecule has 0 fully saturated rings. The van der Waals surface area contributed by atoms with Crippen molar-refractivity contribution in [2.45, 2.75) is 12.0 Å². The van der Waals surface area contributed by atoms with Crippen molar-refractivity contribution in [3.05, 3.63) is 248 Å². The first-order chi connectivity index (χ1) is 34.2. The molecule has 0 spiro atoms. The van der Waals surface area contributed by atoms with Crippen molar-refractivity contribution in [3.63, 3.8) is 0 Å². The number of para-hydroxylation sites is 3. The molecular weight excluding hydrogens is 841 g/mol. The average molecular weight is 883 g/mol. The monoisotopic (exact) mass is 882 g/mol. The van der Waals surface area contributed by atoms with Crippen LogP contribution in [0.1, 0.15) is 11.5 Å². The van der Waals surface area contributed by atoms with Crippen molar-refractivity contribution in [1.82, 2.24) is 24.1 Å². The predicted molar refractivity (Wildman–Crippen MR) is 284 cm³/mol. The minimum absolute atomic E-state index is 0.167. The Kier molecular flexibility index (Phi) is 8.92. The van der Waals surface area contributed by atoms with Crippen LogP contribution in [0.5, 0.6) is 0 Å². The molecule has 2 unspecified atom stereocenters. The van der Waals surface area contributed by atoms with Gasteiger partial charge in [0.1, 0.15) is 0 Å². The standard InChI is InChI=1S/C63H42N6/c1-5-19-41(20-6-1)44-34-38-57(53(39-44)42-21-7-2-8-22-42)68-55-31-17-14-28-48(55)51-36-37-52-49-29-15-18-32-56(49)69(60(52)59(51)68)63-65-61(43-23-9-3-10-24-43)64-62(66-63)45-33-35-50-47-27-13-16-30-54(47)67(58(50)40-45)46-25-11-4-12-26-46/h1-40,47,54H. The van der Waals surface area contributed by atoms with Gasteiger partial charge >= 0.3 is 0 Å². The fourth-order valence-corrected chi connectivity index (χ4v) is 11.0. The third-order valence-electron chi connectivity index (χ3n) is 14.1. The van der Waals surface area contributed by atoms with Crippen molar-refractivity contribution in [3.8, 4) is 56.7 Å². The zero-order chi connectivity index (χ0) is 45.4. The number of hydrogen-bond acceptors (Lipinski definition) is 4. The van der Waals surface area contributed by atoms with E-state index in [0.29, 0.717) is 17.6 Å². The molecular formula is C63H42N6. The summed E-state index contributed by atoms with van der Waals surface area (Å²) in [7, 11) is 0. The van der Waals surface area contributed by atoms with Crippen molar-refractivity contribution < 1.29 is 0 Å². The van der Waals surface area contributed by atoms with Gasteiger partial charge in [0.2, 0.25) is 5.95 Å². The summed E-state index contributed by atoms with van der Waals surface area (Å²) in [5.41, 5.74) is 15.4. The Balaban J connectivity index is 1.06. The first kappa shape index (κ1) is 39.1. The summed E-state index contributed by atoms with van der Waals surface area (Å²) in [6.45, 7) is 0. The predicted octanol–water partition coefficient (Wildman–Crippen LogP) is 15.5. The normalized spacial score (nSPS) is 15.1. The van der Waals surface area contributed by atoms with Crippen LogP contribution in [0, 0.1) is 0 Å². The van der Waals surface area contributed by atoms with Gasteiger partial charge in [-0.2, -0.15) is 9.97 Å². The molecule has 324 valence electrons. The maximum Gasteiger partial charge on any atom is 0.238 e. The largest absolute Gasteiger partial charge is 0.333 e. The molecule has 1 aliphatic heterocycles. The number of allylic oxidation sites excluding steroid dienone is 2. The number of rotatable bonds is 7. The Morgan fingerprint density at radius 1 is 0.362 bits per heavy atom. The molecule has 0 saturated heterocycles. The number of anilines is 2. The molecule has 0 bridgehead atoms. The lowest BCUT2D eigenvalue weighted by atomic mass is 9.91. The van der Waals surface area contributed by atoms with Gasteiger partial charge in [-0.15, -0.1) is 0 Å². The maximum absolute atomic E-state index is 5.54. The van der Waals surface area contributed by atoms with Crippen LogP contribution in [0.3, 0.4) is 0 Å². The van der Waals surface area contributed by atoms with Crippen LogP contribution in [0.25, 0.3) is 100 Å². The number of benzene rings is 9. The lowest BCUT2D eigenvalue weighted by Gasteiger charge is -2.28. The van der Waals surface area contributed by atoms with Gasteiger partial charge in [0.05, 0.1) is 33.8 Å². The minimum atomic E-state index is 0.167. The topological polar surface area (TPSA) is 51.8 Å². The summed E-state index contributed by atoms with van der Waals surface area (Å²) in [6.07, 6.45) is 8.97. The molecule has 9 aromatic carbocycles. The highest BCUT2D eigenvalue weighted by Gasteiger charge is 2.38. The molecule has 69 heavy (non-hydrogen) atoms. The van der Waals surface area contributed by atoms with Crippen molar-refractivity contribution in [1.29, 1.82) is 0 Å². The number of aromatic nitrogens is 5. The van der Waals surface area contributed by atoms with E-state index in [1.807, 2.05) is 18.2 Å². The van der Waals surface area contributed by atoms with Gasteiger partial charge in [0, 0.05) is 55.5 Å². The second-order valence-electron chi connectivity index (χ2n) is 17.9. The fourth-order valence-electron chi connectivity index (χ4n) is 11.0. The van der Waals surface area contributed by atoms with E-state index < -0.39 is 0 Å². The fraction of sp³-hybridized carbons (Fsp3) is 0.0317. The number of nitrogens with zero attached hydrogens (tertiary/aromatic N) is 6. The highest BCUT2D eigenvalue weighted by molar-refractivity contribution is 6.24. The average Bonchev–Trinajstić information content (AvgIpc) is 4.07. The summed E-state index contributed by atoms with van der Waals surface area (Å²) < 4.78 is 4.76. The third kappa shape index (κ3) is 6.23. The van der Waals surface area contributed by atoms with E-state index in [0.717, 1.165) is 83.1 Å².